The molecule has 0 aliphatic heterocycles. The van der Waals surface area contributed by atoms with Gasteiger partial charge in [-0.05, 0) is 17.7 Å². The monoisotopic (exact) mass is 258 g/mol. The minimum atomic E-state index is -1.08. The molecule has 1 aromatic carbocycles. The van der Waals surface area contributed by atoms with Gasteiger partial charge in [0.1, 0.15) is 6.10 Å². The molecule has 0 saturated heterocycles. The number of benzene rings is 1. The van der Waals surface area contributed by atoms with Gasteiger partial charge in [-0.2, -0.15) is 0 Å². The molecule has 0 aliphatic carbocycles. The minimum Gasteiger partial charge on any atom is -0.380 e. The molecule has 0 heterocycles. The Balaban J connectivity index is 2.74. The van der Waals surface area contributed by atoms with Crippen LogP contribution in [0.2, 0.25) is 5.02 Å². The molecule has 1 unspecified atom stereocenters. The highest BCUT2D eigenvalue weighted by atomic mass is 35.5. The number of rotatable bonds is 2. The van der Waals surface area contributed by atoms with Crippen LogP contribution in [0.3, 0.4) is 0 Å². The SMILES string of the molecule is CC(C)(C)SC(=O)C(O)c1ccc(Cl)cc1. The van der Waals surface area contributed by atoms with Crippen molar-refractivity contribution < 1.29 is 9.90 Å². The summed E-state index contributed by atoms with van der Waals surface area (Å²) in [6, 6.07) is 6.65. The fraction of sp³-hybridized carbons (Fsp3) is 0.417. The summed E-state index contributed by atoms with van der Waals surface area (Å²) in [5.74, 6) is 0. The van der Waals surface area contributed by atoms with E-state index in [9.17, 15) is 9.90 Å². The summed E-state index contributed by atoms with van der Waals surface area (Å²) in [6.07, 6.45) is -1.08. The van der Waals surface area contributed by atoms with Gasteiger partial charge in [0.2, 0.25) is 5.12 Å². The van der Waals surface area contributed by atoms with Gasteiger partial charge >= 0.3 is 0 Å². The molecular formula is C12H15ClO2S. The van der Waals surface area contributed by atoms with Gasteiger partial charge in [-0.25, -0.2) is 0 Å². The predicted molar refractivity (Wildman–Crippen MR) is 68.8 cm³/mol. The lowest BCUT2D eigenvalue weighted by molar-refractivity contribution is -0.118. The predicted octanol–water partition coefficient (Wildman–Crippen LogP) is 3.43. The number of hydrogen-bond donors (Lipinski definition) is 1. The van der Waals surface area contributed by atoms with Crippen molar-refractivity contribution in [1.29, 1.82) is 0 Å². The highest BCUT2D eigenvalue weighted by Gasteiger charge is 2.24. The summed E-state index contributed by atoms with van der Waals surface area (Å²) in [5, 5.41) is 10.2. The maximum Gasteiger partial charge on any atom is 0.222 e. The molecule has 1 aromatic rings. The number of carbonyl (C=O) groups is 1. The van der Waals surface area contributed by atoms with Crippen molar-refractivity contribution in [3.05, 3.63) is 34.9 Å². The third-order valence-corrected chi connectivity index (χ3v) is 3.10. The van der Waals surface area contributed by atoms with E-state index < -0.39 is 6.10 Å². The van der Waals surface area contributed by atoms with Gasteiger partial charge in [0.15, 0.2) is 0 Å². The van der Waals surface area contributed by atoms with Crippen LogP contribution in [0, 0.1) is 0 Å². The number of aliphatic hydroxyl groups is 1. The molecule has 0 spiro atoms. The van der Waals surface area contributed by atoms with Gasteiger partial charge in [-0.3, -0.25) is 4.79 Å². The summed E-state index contributed by atoms with van der Waals surface area (Å²) < 4.78 is -0.190. The number of thioether (sulfide) groups is 1. The van der Waals surface area contributed by atoms with Gasteiger partial charge in [-0.15, -0.1) is 0 Å². The third kappa shape index (κ3) is 4.16. The fourth-order valence-corrected chi connectivity index (χ4v) is 2.12. The Morgan fingerprint density at radius 2 is 1.81 bits per heavy atom. The van der Waals surface area contributed by atoms with E-state index in [1.807, 2.05) is 20.8 Å². The minimum absolute atomic E-state index is 0.190. The van der Waals surface area contributed by atoms with Crippen LogP contribution >= 0.6 is 23.4 Å². The van der Waals surface area contributed by atoms with E-state index in [0.717, 1.165) is 11.8 Å². The second-order valence-corrected chi connectivity index (χ2v) is 6.76. The van der Waals surface area contributed by atoms with Gasteiger partial charge in [0.05, 0.1) is 0 Å². The second-order valence-electron chi connectivity index (χ2n) is 4.49. The van der Waals surface area contributed by atoms with E-state index in [2.05, 4.69) is 0 Å². The topological polar surface area (TPSA) is 37.3 Å². The molecule has 0 bridgehead atoms. The number of hydrogen-bond acceptors (Lipinski definition) is 3. The van der Waals surface area contributed by atoms with Gasteiger partial charge in [-0.1, -0.05) is 56.3 Å². The van der Waals surface area contributed by atoms with Crippen molar-refractivity contribution in [2.75, 3.05) is 0 Å². The summed E-state index contributed by atoms with van der Waals surface area (Å²) in [4.78, 5) is 11.7. The largest absolute Gasteiger partial charge is 0.380 e. The average Bonchev–Trinajstić information content (AvgIpc) is 2.15. The molecule has 0 radical (unpaired) electrons. The highest BCUT2D eigenvalue weighted by Crippen LogP contribution is 2.30. The van der Waals surface area contributed by atoms with Crippen LogP contribution < -0.4 is 0 Å². The molecule has 0 saturated carbocycles. The van der Waals surface area contributed by atoms with Crippen LogP contribution in [0.4, 0.5) is 0 Å². The molecule has 16 heavy (non-hydrogen) atoms. The first-order valence-electron chi connectivity index (χ1n) is 4.96. The molecule has 0 fully saturated rings. The van der Waals surface area contributed by atoms with Crippen LogP contribution in [0.15, 0.2) is 24.3 Å². The van der Waals surface area contributed by atoms with Crippen molar-refractivity contribution in [3.63, 3.8) is 0 Å². The van der Waals surface area contributed by atoms with Crippen molar-refractivity contribution >= 4 is 28.5 Å². The molecule has 0 aliphatic rings. The quantitative estimate of drug-likeness (QED) is 0.883. The molecular weight excluding hydrogens is 244 g/mol. The Kier molecular flexibility index (Phi) is 4.42. The van der Waals surface area contributed by atoms with Crippen molar-refractivity contribution in [2.24, 2.45) is 0 Å². The molecule has 1 atom stereocenters. The summed E-state index contributed by atoms with van der Waals surface area (Å²) in [6.45, 7) is 5.80. The van der Waals surface area contributed by atoms with Crippen LogP contribution in [-0.2, 0) is 4.79 Å². The lowest BCUT2D eigenvalue weighted by atomic mass is 10.1. The van der Waals surface area contributed by atoms with Crippen LogP contribution in [0.5, 0.6) is 0 Å². The number of aliphatic hydroxyl groups excluding tert-OH is 1. The Bertz CT molecular complexity index is 368. The number of carbonyl (C=O) groups excluding carboxylic acids is 1. The first-order chi connectivity index (χ1) is 7.29. The van der Waals surface area contributed by atoms with Crippen LogP contribution in [-0.4, -0.2) is 15.0 Å². The Labute approximate surface area is 105 Å². The zero-order valence-electron chi connectivity index (χ0n) is 9.53. The van der Waals surface area contributed by atoms with Crippen LogP contribution in [0.25, 0.3) is 0 Å². The maximum absolute atomic E-state index is 11.7. The van der Waals surface area contributed by atoms with E-state index in [1.54, 1.807) is 24.3 Å². The molecule has 1 N–H and O–H groups in total. The van der Waals surface area contributed by atoms with E-state index in [-0.39, 0.29) is 9.86 Å². The van der Waals surface area contributed by atoms with Gasteiger partial charge < -0.3 is 5.11 Å². The third-order valence-electron chi connectivity index (χ3n) is 1.82. The Morgan fingerprint density at radius 3 is 2.25 bits per heavy atom. The first kappa shape index (κ1) is 13.6. The molecule has 88 valence electrons. The van der Waals surface area contributed by atoms with E-state index in [4.69, 9.17) is 11.6 Å². The first-order valence-corrected chi connectivity index (χ1v) is 6.15. The summed E-state index contributed by atoms with van der Waals surface area (Å²) in [5.41, 5.74) is 0.575. The highest BCUT2D eigenvalue weighted by molar-refractivity contribution is 8.14. The Morgan fingerprint density at radius 1 is 1.31 bits per heavy atom. The normalized spacial score (nSPS) is 13.6. The van der Waals surface area contributed by atoms with E-state index in [1.165, 1.54) is 0 Å². The summed E-state index contributed by atoms with van der Waals surface area (Å²) in [7, 11) is 0. The molecule has 2 nitrogen and oxygen atoms in total. The molecule has 0 aromatic heterocycles. The maximum atomic E-state index is 11.7. The van der Waals surface area contributed by atoms with Crippen molar-refractivity contribution in [2.45, 2.75) is 31.6 Å². The zero-order chi connectivity index (χ0) is 12.3. The van der Waals surface area contributed by atoms with Crippen molar-refractivity contribution in [1.82, 2.24) is 0 Å². The summed E-state index contributed by atoms with van der Waals surface area (Å²) >= 11 is 6.87. The van der Waals surface area contributed by atoms with Crippen molar-refractivity contribution in [3.8, 4) is 0 Å². The van der Waals surface area contributed by atoms with Gasteiger partial charge in [0, 0.05) is 9.77 Å². The van der Waals surface area contributed by atoms with Crippen LogP contribution in [0.1, 0.15) is 32.4 Å². The average molecular weight is 259 g/mol. The van der Waals surface area contributed by atoms with E-state index in [0.29, 0.717) is 10.6 Å². The smallest absolute Gasteiger partial charge is 0.222 e. The second kappa shape index (κ2) is 5.21. The Hall–Kier alpha value is -0.510. The number of halogens is 1. The zero-order valence-corrected chi connectivity index (χ0v) is 11.1. The molecule has 1 rings (SSSR count). The van der Waals surface area contributed by atoms with E-state index >= 15 is 0 Å². The van der Waals surface area contributed by atoms with Gasteiger partial charge in [0.25, 0.3) is 0 Å². The standard InChI is InChI=1S/C12H15ClO2S/c1-12(2,3)16-11(15)10(14)8-4-6-9(13)7-5-8/h4-7,10,14H,1-3H3. The molecule has 4 heteroatoms. The lowest BCUT2D eigenvalue weighted by Gasteiger charge is -2.18. The molecule has 0 amide bonds. The fourth-order valence-electron chi connectivity index (χ4n) is 1.14. The lowest BCUT2D eigenvalue weighted by Crippen LogP contribution is -2.17.